The Morgan fingerprint density at radius 2 is 1.83 bits per heavy atom. The fraction of sp³-hybridized carbons (Fsp3) is 0.261. The average Bonchev–Trinajstić information content (AvgIpc) is 3.20. The van der Waals surface area contributed by atoms with Gasteiger partial charge in [-0.15, -0.1) is 5.10 Å². The molecule has 1 amide bonds. The van der Waals surface area contributed by atoms with Gasteiger partial charge in [-0.3, -0.25) is 4.79 Å². The van der Waals surface area contributed by atoms with E-state index in [-0.39, 0.29) is 5.91 Å². The molecular weight excluding hydrogens is 380 g/mol. The van der Waals surface area contributed by atoms with Gasteiger partial charge in [0.05, 0.1) is 11.4 Å². The number of hydrogen-bond acceptors (Lipinski definition) is 5. The van der Waals surface area contributed by atoms with Crippen molar-refractivity contribution in [3.63, 3.8) is 0 Å². The topological polar surface area (TPSA) is 69.5 Å². The molecule has 0 aliphatic carbocycles. The van der Waals surface area contributed by atoms with Crippen LogP contribution in [0.1, 0.15) is 28.2 Å². The van der Waals surface area contributed by atoms with Crippen LogP contribution in [-0.2, 0) is 0 Å². The first-order valence-corrected chi connectivity index (χ1v) is 10.1. The van der Waals surface area contributed by atoms with E-state index in [2.05, 4.69) is 16.4 Å². The fourth-order valence-corrected chi connectivity index (χ4v) is 3.85. The number of carbonyl (C=O) groups excluding carboxylic acids is 1. The van der Waals surface area contributed by atoms with Crippen LogP contribution in [0.2, 0.25) is 0 Å². The first kappa shape index (κ1) is 18.4. The van der Waals surface area contributed by atoms with Gasteiger partial charge in [0.2, 0.25) is 0 Å². The normalized spacial score (nSPS) is 15.6. The maximum Gasteiger partial charge on any atom is 0.276 e. The van der Waals surface area contributed by atoms with Gasteiger partial charge in [-0.1, -0.05) is 35.6 Å². The fourth-order valence-electron chi connectivity index (χ4n) is 3.85. The lowest BCUT2D eigenvalue weighted by Gasteiger charge is -2.27. The van der Waals surface area contributed by atoms with E-state index in [1.807, 2.05) is 60.4 Å². The summed E-state index contributed by atoms with van der Waals surface area (Å²) in [6.45, 7) is 4.21. The molecule has 30 heavy (non-hydrogen) atoms. The summed E-state index contributed by atoms with van der Waals surface area (Å²) in [7, 11) is 0. The number of amides is 1. The van der Waals surface area contributed by atoms with E-state index in [9.17, 15) is 4.79 Å². The summed E-state index contributed by atoms with van der Waals surface area (Å²) in [4.78, 5) is 14.9. The first-order chi connectivity index (χ1) is 14.7. The Morgan fingerprint density at radius 1 is 1.03 bits per heavy atom. The third-order valence-corrected chi connectivity index (χ3v) is 5.51. The van der Waals surface area contributed by atoms with Crippen LogP contribution in [-0.4, -0.2) is 52.1 Å². The zero-order chi connectivity index (χ0) is 20.5. The van der Waals surface area contributed by atoms with Crippen molar-refractivity contribution in [2.75, 3.05) is 26.3 Å². The van der Waals surface area contributed by atoms with Gasteiger partial charge >= 0.3 is 0 Å². The second-order valence-corrected chi connectivity index (χ2v) is 7.36. The van der Waals surface area contributed by atoms with Gasteiger partial charge in [0, 0.05) is 13.1 Å². The molecule has 0 N–H and O–H groups in total. The van der Waals surface area contributed by atoms with Crippen LogP contribution in [0.15, 0.2) is 54.6 Å². The molecular formula is C23H22N4O3. The van der Waals surface area contributed by atoms with Gasteiger partial charge in [-0.2, -0.15) is 0 Å². The van der Waals surface area contributed by atoms with Gasteiger partial charge in [0.25, 0.3) is 5.91 Å². The van der Waals surface area contributed by atoms with E-state index in [1.165, 1.54) is 5.57 Å². The van der Waals surface area contributed by atoms with Gasteiger partial charge in [-0.25, -0.2) is 4.68 Å². The molecule has 0 radical (unpaired) electrons. The highest BCUT2D eigenvalue weighted by atomic mass is 16.6. The molecule has 0 saturated carbocycles. The van der Waals surface area contributed by atoms with Crippen molar-refractivity contribution in [1.82, 2.24) is 19.9 Å². The van der Waals surface area contributed by atoms with Crippen molar-refractivity contribution in [3.8, 4) is 17.2 Å². The van der Waals surface area contributed by atoms with Crippen LogP contribution >= 0.6 is 0 Å². The molecule has 2 aromatic carbocycles. The number of benzene rings is 2. The minimum absolute atomic E-state index is 0.0906. The zero-order valence-corrected chi connectivity index (χ0v) is 16.7. The largest absolute Gasteiger partial charge is 0.486 e. The van der Waals surface area contributed by atoms with E-state index in [1.54, 1.807) is 4.68 Å². The highest BCUT2D eigenvalue weighted by Crippen LogP contribution is 2.34. The minimum Gasteiger partial charge on any atom is -0.486 e. The standard InChI is InChI=1S/C23H22N4O3/c1-16-22(24-25-27(16)19-5-3-2-4-6-19)23(28)26-11-9-17(10-12-26)18-7-8-20-21(15-18)30-14-13-29-20/h2-9,15H,10-14H2,1H3. The van der Waals surface area contributed by atoms with E-state index in [0.29, 0.717) is 32.0 Å². The summed E-state index contributed by atoms with van der Waals surface area (Å²) < 4.78 is 13.0. The highest BCUT2D eigenvalue weighted by molar-refractivity contribution is 5.94. The lowest BCUT2D eigenvalue weighted by Crippen LogP contribution is -2.35. The molecule has 3 aromatic rings. The monoisotopic (exact) mass is 402 g/mol. The third-order valence-electron chi connectivity index (χ3n) is 5.51. The quantitative estimate of drug-likeness (QED) is 0.673. The number of fused-ring (bicyclic) bond motifs is 1. The molecule has 5 rings (SSSR count). The lowest BCUT2D eigenvalue weighted by atomic mass is 9.98. The molecule has 0 saturated heterocycles. The Morgan fingerprint density at radius 3 is 2.60 bits per heavy atom. The van der Waals surface area contributed by atoms with Crippen LogP contribution in [0.3, 0.4) is 0 Å². The SMILES string of the molecule is Cc1c(C(=O)N2CC=C(c3ccc4c(c3)OCCO4)CC2)nnn1-c1ccccc1. The van der Waals surface area contributed by atoms with Crippen molar-refractivity contribution < 1.29 is 14.3 Å². The average molecular weight is 402 g/mol. The first-order valence-electron chi connectivity index (χ1n) is 10.1. The zero-order valence-electron chi connectivity index (χ0n) is 16.7. The summed E-state index contributed by atoms with van der Waals surface area (Å²) in [5.41, 5.74) is 4.35. The summed E-state index contributed by atoms with van der Waals surface area (Å²) >= 11 is 0. The molecule has 0 spiro atoms. The van der Waals surface area contributed by atoms with Gasteiger partial charge in [0.1, 0.15) is 13.2 Å². The second kappa shape index (κ2) is 7.67. The van der Waals surface area contributed by atoms with Gasteiger partial charge < -0.3 is 14.4 Å². The summed E-state index contributed by atoms with van der Waals surface area (Å²) in [6, 6.07) is 15.7. The maximum atomic E-state index is 13.0. The number of nitrogens with zero attached hydrogens (tertiary/aromatic N) is 4. The van der Waals surface area contributed by atoms with Crippen molar-refractivity contribution >= 4 is 11.5 Å². The van der Waals surface area contributed by atoms with Crippen LogP contribution in [0.5, 0.6) is 11.5 Å². The van der Waals surface area contributed by atoms with Crippen LogP contribution in [0.25, 0.3) is 11.3 Å². The number of ether oxygens (including phenoxy) is 2. The van der Waals surface area contributed by atoms with Crippen molar-refractivity contribution in [2.24, 2.45) is 0 Å². The third kappa shape index (κ3) is 3.32. The van der Waals surface area contributed by atoms with Crippen molar-refractivity contribution in [3.05, 3.63) is 71.6 Å². The van der Waals surface area contributed by atoms with E-state index in [0.717, 1.165) is 34.9 Å². The Hall–Kier alpha value is -3.61. The molecule has 0 unspecified atom stereocenters. The summed E-state index contributed by atoms with van der Waals surface area (Å²) in [5.74, 6) is 1.48. The van der Waals surface area contributed by atoms with Gasteiger partial charge in [-0.05, 0) is 48.7 Å². The van der Waals surface area contributed by atoms with Gasteiger partial charge in [0.15, 0.2) is 17.2 Å². The van der Waals surface area contributed by atoms with E-state index in [4.69, 9.17) is 9.47 Å². The van der Waals surface area contributed by atoms with Crippen LogP contribution < -0.4 is 9.47 Å². The molecule has 2 aliphatic rings. The molecule has 7 nitrogen and oxygen atoms in total. The number of carbonyl (C=O) groups is 1. The molecule has 3 heterocycles. The Balaban J connectivity index is 1.32. The summed E-state index contributed by atoms with van der Waals surface area (Å²) in [6.07, 6.45) is 2.88. The smallest absolute Gasteiger partial charge is 0.276 e. The number of aromatic nitrogens is 3. The van der Waals surface area contributed by atoms with E-state index < -0.39 is 0 Å². The molecule has 0 atom stereocenters. The summed E-state index contributed by atoms with van der Waals surface area (Å²) in [5, 5.41) is 8.35. The molecule has 0 bridgehead atoms. The molecule has 0 fully saturated rings. The van der Waals surface area contributed by atoms with Crippen LogP contribution in [0.4, 0.5) is 0 Å². The predicted molar refractivity (Wildman–Crippen MR) is 112 cm³/mol. The maximum absolute atomic E-state index is 13.0. The Kier molecular flexibility index (Phi) is 4.71. The Bertz CT molecular complexity index is 1120. The highest BCUT2D eigenvalue weighted by Gasteiger charge is 2.25. The second-order valence-electron chi connectivity index (χ2n) is 7.36. The van der Waals surface area contributed by atoms with Crippen molar-refractivity contribution in [1.29, 1.82) is 0 Å². The number of para-hydroxylation sites is 1. The predicted octanol–water partition coefficient (Wildman–Crippen LogP) is 3.28. The van der Waals surface area contributed by atoms with E-state index >= 15 is 0 Å². The molecule has 152 valence electrons. The minimum atomic E-state index is -0.0906. The number of rotatable bonds is 3. The van der Waals surface area contributed by atoms with Crippen molar-refractivity contribution in [2.45, 2.75) is 13.3 Å². The lowest BCUT2D eigenvalue weighted by molar-refractivity contribution is 0.0766. The molecule has 2 aliphatic heterocycles. The van der Waals surface area contributed by atoms with Crippen LogP contribution in [0, 0.1) is 6.92 Å². The molecule has 7 heteroatoms. The molecule has 1 aromatic heterocycles. The number of hydrogen-bond donors (Lipinski definition) is 0. The Labute approximate surface area is 174 Å².